The maximum Gasteiger partial charge on any atom is 0.430 e. The van der Waals surface area contributed by atoms with Crippen molar-refractivity contribution in [2.75, 3.05) is 24.6 Å². The molecule has 1 heterocycles. The lowest BCUT2D eigenvalue weighted by molar-refractivity contribution is -0.376. The molecule has 1 aromatic rings. The van der Waals surface area contributed by atoms with Gasteiger partial charge in [0.1, 0.15) is 6.54 Å². The molecule has 0 atom stereocenters. The Hall–Kier alpha value is -1.97. The molecule has 0 radical (unpaired) electrons. The Morgan fingerprint density at radius 1 is 1.19 bits per heavy atom. The molecule has 1 N–H and O–H groups in total. The van der Waals surface area contributed by atoms with Gasteiger partial charge in [-0.1, -0.05) is 12.1 Å². The summed E-state index contributed by atoms with van der Waals surface area (Å²) in [6, 6.07) is 2.35. The number of anilines is 1. The van der Waals surface area contributed by atoms with Crippen LogP contribution in [0.3, 0.4) is 0 Å². The first-order valence-electron chi connectivity index (χ1n) is 7.81. The average molecular weight is 385 g/mol. The van der Waals surface area contributed by atoms with Crippen molar-refractivity contribution in [3.63, 3.8) is 0 Å². The summed E-state index contributed by atoms with van der Waals surface area (Å²) in [6.07, 6.45) is -11.2. The summed E-state index contributed by atoms with van der Waals surface area (Å²) in [5.74, 6) is -0.550. The third-order valence-corrected chi connectivity index (χ3v) is 4.16. The van der Waals surface area contributed by atoms with Crippen LogP contribution in [0.25, 0.3) is 0 Å². The molecule has 0 aliphatic carbocycles. The molecular weight excluding hydrogens is 368 g/mol. The van der Waals surface area contributed by atoms with Gasteiger partial charge >= 0.3 is 18.3 Å². The number of alkyl halides is 6. The zero-order chi connectivity index (χ0) is 19.8. The largest absolute Gasteiger partial charge is 0.465 e. The molecule has 1 aliphatic rings. The van der Waals surface area contributed by atoms with E-state index in [2.05, 4.69) is 0 Å². The lowest BCUT2D eigenvalue weighted by atomic mass is 9.88. The summed E-state index contributed by atoms with van der Waals surface area (Å²) in [7, 11) is 0. The van der Waals surface area contributed by atoms with Gasteiger partial charge in [0, 0.05) is 17.8 Å². The maximum absolute atomic E-state index is 13.0. The number of halogens is 6. The fourth-order valence-electron chi connectivity index (χ4n) is 2.91. The summed E-state index contributed by atoms with van der Waals surface area (Å²) in [5.41, 5.74) is -5.71. The van der Waals surface area contributed by atoms with E-state index < -0.39 is 29.5 Å². The molecule has 1 aromatic carbocycles. The van der Waals surface area contributed by atoms with Gasteiger partial charge in [0.05, 0.1) is 6.61 Å². The molecule has 0 saturated heterocycles. The summed E-state index contributed by atoms with van der Waals surface area (Å²) < 4.78 is 82.9. The van der Waals surface area contributed by atoms with Crippen molar-refractivity contribution in [2.24, 2.45) is 0 Å². The Kier molecular flexibility index (Phi) is 5.46. The lowest BCUT2D eigenvalue weighted by Gasteiger charge is -2.35. The van der Waals surface area contributed by atoms with Gasteiger partial charge in [0.15, 0.2) is 0 Å². The number of benzene rings is 1. The number of rotatable bonds is 4. The number of fused-ring (bicyclic) bond motifs is 1. The van der Waals surface area contributed by atoms with Crippen molar-refractivity contribution in [3.05, 3.63) is 29.3 Å². The molecule has 0 saturated carbocycles. The number of esters is 1. The summed E-state index contributed by atoms with van der Waals surface area (Å²) in [4.78, 5) is 13.1. The van der Waals surface area contributed by atoms with E-state index in [0.29, 0.717) is 30.8 Å². The van der Waals surface area contributed by atoms with Crippen molar-refractivity contribution < 1.29 is 41.0 Å². The number of ether oxygens (including phenoxy) is 1. The summed E-state index contributed by atoms with van der Waals surface area (Å²) in [5, 5.41) is 9.50. The monoisotopic (exact) mass is 385 g/mol. The van der Waals surface area contributed by atoms with Crippen molar-refractivity contribution in [3.8, 4) is 0 Å². The third kappa shape index (κ3) is 3.60. The third-order valence-electron chi connectivity index (χ3n) is 4.16. The van der Waals surface area contributed by atoms with E-state index in [-0.39, 0.29) is 25.1 Å². The number of aliphatic hydroxyl groups is 1. The molecule has 4 nitrogen and oxygen atoms in total. The molecule has 26 heavy (non-hydrogen) atoms. The van der Waals surface area contributed by atoms with E-state index in [0.717, 1.165) is 6.07 Å². The number of carbonyl (C=O) groups excluding carboxylic acids is 1. The van der Waals surface area contributed by atoms with E-state index >= 15 is 0 Å². The van der Waals surface area contributed by atoms with Crippen molar-refractivity contribution in [2.45, 2.75) is 37.7 Å². The van der Waals surface area contributed by atoms with Crippen LogP contribution in [0.1, 0.15) is 24.5 Å². The number of hydrogen-bond acceptors (Lipinski definition) is 4. The van der Waals surface area contributed by atoms with Crippen molar-refractivity contribution in [1.29, 1.82) is 0 Å². The minimum atomic E-state index is -5.93. The van der Waals surface area contributed by atoms with E-state index in [1.165, 1.54) is 4.90 Å². The second kappa shape index (κ2) is 6.98. The van der Waals surface area contributed by atoms with Gasteiger partial charge in [0.2, 0.25) is 0 Å². The second-order valence-electron chi connectivity index (χ2n) is 5.88. The first-order chi connectivity index (χ1) is 11.9. The van der Waals surface area contributed by atoms with Crippen LogP contribution >= 0.6 is 0 Å². The number of nitrogens with zero attached hydrogens (tertiary/aromatic N) is 1. The van der Waals surface area contributed by atoms with Crippen LogP contribution in [0, 0.1) is 0 Å². The molecule has 0 bridgehead atoms. The molecule has 0 fully saturated rings. The first-order valence-corrected chi connectivity index (χ1v) is 7.81. The fourth-order valence-corrected chi connectivity index (χ4v) is 2.91. The van der Waals surface area contributed by atoms with Crippen LogP contribution in [0.15, 0.2) is 18.2 Å². The Bertz CT molecular complexity index is 657. The van der Waals surface area contributed by atoms with Crippen molar-refractivity contribution in [1.82, 2.24) is 0 Å². The Balaban J connectivity index is 2.43. The van der Waals surface area contributed by atoms with Crippen LogP contribution < -0.4 is 4.90 Å². The second-order valence-corrected chi connectivity index (χ2v) is 5.88. The predicted molar refractivity (Wildman–Crippen MR) is 79.6 cm³/mol. The van der Waals surface area contributed by atoms with Crippen LogP contribution in [-0.2, 0) is 21.6 Å². The Labute approximate surface area is 145 Å². The summed E-state index contributed by atoms with van der Waals surface area (Å²) in [6.45, 7) is 2.02. The highest BCUT2D eigenvalue weighted by molar-refractivity contribution is 5.76. The van der Waals surface area contributed by atoms with Gasteiger partial charge < -0.3 is 14.7 Å². The van der Waals surface area contributed by atoms with Gasteiger partial charge in [-0.15, -0.1) is 0 Å². The molecule has 1 aliphatic heterocycles. The summed E-state index contributed by atoms with van der Waals surface area (Å²) >= 11 is 0. The van der Waals surface area contributed by atoms with Gasteiger partial charge in [-0.25, -0.2) is 0 Å². The molecule has 0 aromatic heterocycles. The van der Waals surface area contributed by atoms with E-state index in [4.69, 9.17) is 4.74 Å². The highest BCUT2D eigenvalue weighted by Crippen LogP contribution is 2.50. The SMILES string of the molecule is CCOC(=O)CN1CCCc2cc(C(O)(C(F)(F)F)C(F)(F)F)ccc21. The van der Waals surface area contributed by atoms with E-state index in [1.807, 2.05) is 0 Å². The Morgan fingerprint density at radius 3 is 2.35 bits per heavy atom. The number of aryl methyl sites for hydroxylation is 1. The zero-order valence-electron chi connectivity index (χ0n) is 13.7. The standard InChI is InChI=1S/C16H17F6NO3/c1-2-26-13(24)9-23-7-3-4-10-8-11(5-6-12(10)23)14(25,15(17,18)19)16(20,21)22/h5-6,8,25H,2-4,7,9H2,1H3. The van der Waals surface area contributed by atoms with Gasteiger partial charge in [0.25, 0.3) is 5.60 Å². The normalized spacial score (nSPS) is 15.6. The highest BCUT2D eigenvalue weighted by atomic mass is 19.4. The smallest absolute Gasteiger partial charge is 0.430 e. The van der Waals surface area contributed by atoms with Crippen LogP contribution in [0.2, 0.25) is 0 Å². The molecule has 146 valence electrons. The van der Waals surface area contributed by atoms with Crippen LogP contribution in [0.5, 0.6) is 0 Å². The average Bonchev–Trinajstić information content (AvgIpc) is 2.52. The van der Waals surface area contributed by atoms with Crippen molar-refractivity contribution >= 4 is 11.7 Å². The maximum atomic E-state index is 13.0. The number of hydrogen-bond donors (Lipinski definition) is 1. The zero-order valence-corrected chi connectivity index (χ0v) is 13.7. The fraction of sp³-hybridized carbons (Fsp3) is 0.562. The molecule has 0 spiro atoms. The van der Waals surface area contributed by atoms with E-state index in [1.54, 1.807) is 6.92 Å². The Morgan fingerprint density at radius 2 is 1.81 bits per heavy atom. The molecule has 0 unspecified atom stereocenters. The highest BCUT2D eigenvalue weighted by Gasteiger charge is 2.71. The number of carbonyl (C=O) groups is 1. The predicted octanol–water partition coefficient (Wildman–Crippen LogP) is 3.31. The first kappa shape index (κ1) is 20.3. The van der Waals surface area contributed by atoms with Crippen LogP contribution in [0.4, 0.5) is 32.0 Å². The van der Waals surface area contributed by atoms with Crippen LogP contribution in [-0.4, -0.2) is 43.1 Å². The van der Waals surface area contributed by atoms with Gasteiger partial charge in [-0.3, -0.25) is 4.79 Å². The minimum Gasteiger partial charge on any atom is -0.465 e. The molecule has 0 amide bonds. The van der Waals surface area contributed by atoms with E-state index in [9.17, 15) is 36.2 Å². The quantitative estimate of drug-likeness (QED) is 0.638. The van der Waals surface area contributed by atoms with Gasteiger partial charge in [-0.2, -0.15) is 26.3 Å². The lowest BCUT2D eigenvalue weighted by Crippen LogP contribution is -2.54. The molecule has 10 heteroatoms. The minimum absolute atomic E-state index is 0.155. The van der Waals surface area contributed by atoms with Gasteiger partial charge in [-0.05, 0) is 31.4 Å². The molecule has 2 rings (SSSR count). The molecular formula is C16H17F6NO3. The topological polar surface area (TPSA) is 49.8 Å².